The number of para-hydroxylation sites is 6. The van der Waals surface area contributed by atoms with Gasteiger partial charge in [-0.2, -0.15) is 0 Å². The normalized spacial score (nSPS) is 13.0. The number of nitrogens with zero attached hydrogens (tertiary/aromatic N) is 2. The molecule has 2 aliphatic rings. The van der Waals surface area contributed by atoms with Gasteiger partial charge in [-0.1, -0.05) is 170 Å². The Morgan fingerprint density at radius 2 is 0.787 bits per heavy atom. The van der Waals surface area contributed by atoms with Gasteiger partial charge < -0.3 is 18.6 Å². The average Bonchev–Trinajstić information content (AvgIpc) is 4.39. The molecule has 2 aliphatic carbocycles. The summed E-state index contributed by atoms with van der Waals surface area (Å²) in [7, 11) is 0. The maximum absolute atomic E-state index is 6.75. The number of fused-ring (bicyclic) bond motifs is 19. The van der Waals surface area contributed by atoms with E-state index in [0.29, 0.717) is 0 Å². The molecule has 12 aromatic carbocycles. The van der Waals surface area contributed by atoms with Crippen molar-refractivity contribution >= 4 is 99.5 Å². The van der Waals surface area contributed by atoms with Crippen molar-refractivity contribution in [3.05, 3.63) is 276 Å². The van der Waals surface area contributed by atoms with Crippen molar-refractivity contribution in [3.63, 3.8) is 0 Å². The Hall–Kier alpha value is -9.64. The van der Waals surface area contributed by atoms with Crippen LogP contribution in [0.15, 0.2) is 251 Å². The van der Waals surface area contributed by atoms with E-state index in [1.807, 2.05) is 12.1 Å². The molecule has 352 valence electrons. The minimum Gasteiger partial charge on any atom is -0.454 e. The van der Waals surface area contributed by atoms with E-state index in [1.54, 1.807) is 0 Å². The lowest BCUT2D eigenvalue weighted by molar-refractivity contribution is 0.668. The van der Waals surface area contributed by atoms with Crippen LogP contribution in [0.2, 0.25) is 0 Å². The minimum atomic E-state index is -0.589. The van der Waals surface area contributed by atoms with E-state index < -0.39 is 5.41 Å². The molecule has 0 aliphatic heterocycles. The Balaban J connectivity index is 0.930. The number of rotatable bonds is 6. The summed E-state index contributed by atoms with van der Waals surface area (Å²) in [5, 5.41) is 9.21. The number of aryl methyl sites for hydroxylation is 2. The van der Waals surface area contributed by atoms with Crippen LogP contribution in [0.4, 0.5) is 34.1 Å². The van der Waals surface area contributed by atoms with Crippen LogP contribution in [-0.4, -0.2) is 0 Å². The summed E-state index contributed by atoms with van der Waals surface area (Å²) < 4.78 is 13.5. The van der Waals surface area contributed by atoms with Crippen LogP contribution in [0.3, 0.4) is 0 Å². The zero-order valence-corrected chi connectivity index (χ0v) is 41.3. The summed E-state index contributed by atoms with van der Waals surface area (Å²) >= 11 is 0. The molecule has 0 radical (unpaired) electrons. The van der Waals surface area contributed by atoms with Gasteiger partial charge in [-0.05, 0) is 164 Å². The standard InChI is InChI=1S/C71H46N2O2/c1-43-17-3-11-27-62(43)72(64-29-15-23-56-53-21-7-13-31-66(53)74-69(56)64)48-35-33-45-41-58-55-37-34-46-39-49(73(63-28-12-4-18-44(63)2)65-30-16-24-57-54-22-8-14-32-67(54)75-70(57)65)36-38-50(46)68(55)71(61(58)42-47(45)40-48)59-25-9-5-19-51(59)52-20-6-10-26-60(52)71/h3-42H,1-2H3. The van der Waals surface area contributed by atoms with E-state index in [4.69, 9.17) is 8.83 Å². The zero-order chi connectivity index (χ0) is 49.5. The second-order valence-corrected chi connectivity index (χ2v) is 20.4. The van der Waals surface area contributed by atoms with Crippen molar-refractivity contribution in [2.24, 2.45) is 0 Å². The summed E-state index contributed by atoms with van der Waals surface area (Å²) in [6, 6.07) is 89.1. The predicted octanol–water partition coefficient (Wildman–Crippen LogP) is 19.7. The van der Waals surface area contributed by atoms with Crippen LogP contribution in [0.5, 0.6) is 0 Å². The molecule has 2 aromatic heterocycles. The smallest absolute Gasteiger partial charge is 0.159 e. The first-order valence-electron chi connectivity index (χ1n) is 25.9. The molecule has 0 fully saturated rings. The molecule has 75 heavy (non-hydrogen) atoms. The van der Waals surface area contributed by atoms with Crippen molar-refractivity contribution < 1.29 is 8.83 Å². The molecular weight excluding hydrogens is 913 g/mol. The van der Waals surface area contributed by atoms with Crippen LogP contribution in [0, 0.1) is 13.8 Å². The van der Waals surface area contributed by atoms with Crippen LogP contribution in [0.1, 0.15) is 33.4 Å². The molecule has 16 rings (SSSR count). The van der Waals surface area contributed by atoms with Crippen molar-refractivity contribution in [2.45, 2.75) is 19.3 Å². The topological polar surface area (TPSA) is 32.8 Å². The van der Waals surface area contributed by atoms with E-state index >= 15 is 0 Å². The summed E-state index contributed by atoms with van der Waals surface area (Å²) in [6.07, 6.45) is 0. The number of anilines is 6. The lowest BCUT2D eigenvalue weighted by Gasteiger charge is -2.32. The van der Waals surface area contributed by atoms with Gasteiger partial charge >= 0.3 is 0 Å². The highest BCUT2D eigenvalue weighted by Gasteiger charge is 2.52. The number of benzene rings is 12. The van der Waals surface area contributed by atoms with Crippen molar-refractivity contribution in [1.29, 1.82) is 0 Å². The summed E-state index contributed by atoms with van der Waals surface area (Å²) in [6.45, 7) is 4.39. The molecule has 4 heteroatoms. The Morgan fingerprint density at radius 1 is 0.307 bits per heavy atom. The van der Waals surface area contributed by atoms with Crippen molar-refractivity contribution in [3.8, 4) is 22.3 Å². The molecule has 4 nitrogen and oxygen atoms in total. The molecule has 0 N–H and O–H groups in total. The number of furan rings is 2. The minimum absolute atomic E-state index is 0.589. The zero-order valence-electron chi connectivity index (χ0n) is 41.3. The second kappa shape index (κ2) is 15.7. The fourth-order valence-electron chi connectivity index (χ4n) is 13.2. The van der Waals surface area contributed by atoms with E-state index in [9.17, 15) is 0 Å². The van der Waals surface area contributed by atoms with Gasteiger partial charge in [0.1, 0.15) is 11.2 Å². The fraction of sp³-hybridized carbons (Fsp3) is 0.0423. The van der Waals surface area contributed by atoms with Gasteiger partial charge in [0.15, 0.2) is 11.2 Å². The van der Waals surface area contributed by atoms with Crippen LogP contribution in [0.25, 0.3) is 87.7 Å². The largest absolute Gasteiger partial charge is 0.454 e. The van der Waals surface area contributed by atoms with Gasteiger partial charge in [0, 0.05) is 44.3 Å². The van der Waals surface area contributed by atoms with Crippen molar-refractivity contribution in [2.75, 3.05) is 9.80 Å². The van der Waals surface area contributed by atoms with Crippen LogP contribution >= 0.6 is 0 Å². The van der Waals surface area contributed by atoms with E-state index in [-0.39, 0.29) is 0 Å². The SMILES string of the molecule is Cc1ccccc1N(c1ccc2cc3c(cc2c1)C1(c2ccccc2-c2ccccc21)c1c-3ccc2cc(N(c3ccccc3C)c3cccc4c3oc3ccccc34)ccc12)c1cccc2c1oc1ccccc12. The predicted molar refractivity (Wildman–Crippen MR) is 311 cm³/mol. The molecule has 2 heterocycles. The second-order valence-electron chi connectivity index (χ2n) is 20.4. The quantitative estimate of drug-likeness (QED) is 0.166. The number of hydrogen-bond acceptors (Lipinski definition) is 4. The Kier molecular flexibility index (Phi) is 8.77. The van der Waals surface area contributed by atoms with Crippen molar-refractivity contribution in [1.82, 2.24) is 0 Å². The third kappa shape index (κ3) is 5.82. The van der Waals surface area contributed by atoms with Gasteiger partial charge in [0.25, 0.3) is 0 Å². The van der Waals surface area contributed by atoms with Crippen LogP contribution in [-0.2, 0) is 5.41 Å². The molecule has 14 aromatic rings. The lowest BCUT2D eigenvalue weighted by Crippen LogP contribution is -2.26. The van der Waals surface area contributed by atoms with Gasteiger partial charge in [-0.25, -0.2) is 0 Å². The summed E-state index contributed by atoms with van der Waals surface area (Å²) in [4.78, 5) is 4.77. The molecule has 0 saturated carbocycles. The summed E-state index contributed by atoms with van der Waals surface area (Å²) in [5.74, 6) is 0. The van der Waals surface area contributed by atoms with Gasteiger partial charge in [0.2, 0.25) is 0 Å². The third-order valence-electron chi connectivity index (χ3n) is 16.5. The van der Waals surface area contributed by atoms with Crippen LogP contribution < -0.4 is 9.80 Å². The Bertz CT molecular complexity index is 4680. The third-order valence-corrected chi connectivity index (χ3v) is 16.5. The summed E-state index contributed by atoms with van der Waals surface area (Å²) in [5.41, 5.74) is 22.0. The van der Waals surface area contributed by atoms with E-state index in [0.717, 1.165) is 78.0 Å². The Labute approximate surface area is 433 Å². The first-order valence-corrected chi connectivity index (χ1v) is 25.9. The molecule has 0 saturated heterocycles. The molecule has 0 bridgehead atoms. The highest BCUT2D eigenvalue weighted by atomic mass is 16.3. The monoisotopic (exact) mass is 958 g/mol. The molecule has 0 unspecified atom stereocenters. The molecule has 0 amide bonds. The highest BCUT2D eigenvalue weighted by molar-refractivity contribution is 6.13. The van der Waals surface area contributed by atoms with Gasteiger partial charge in [-0.15, -0.1) is 0 Å². The fourth-order valence-corrected chi connectivity index (χ4v) is 13.2. The maximum atomic E-state index is 6.75. The lowest BCUT2D eigenvalue weighted by atomic mass is 9.69. The molecule has 1 spiro atoms. The van der Waals surface area contributed by atoms with E-state index in [2.05, 4.69) is 254 Å². The average molecular weight is 959 g/mol. The first-order chi connectivity index (χ1) is 37.0. The number of hydrogen-bond donors (Lipinski definition) is 0. The van der Waals surface area contributed by atoms with Gasteiger partial charge in [0.05, 0.1) is 16.8 Å². The van der Waals surface area contributed by atoms with E-state index in [1.165, 1.54) is 77.2 Å². The highest BCUT2D eigenvalue weighted by Crippen LogP contribution is 2.65. The molecule has 0 atom stereocenters. The Morgan fingerprint density at radius 3 is 1.39 bits per heavy atom. The molecular formula is C71H46N2O2. The van der Waals surface area contributed by atoms with Gasteiger partial charge in [-0.3, -0.25) is 0 Å². The maximum Gasteiger partial charge on any atom is 0.159 e. The first kappa shape index (κ1) is 41.9.